The van der Waals surface area contributed by atoms with Crippen LogP contribution in [0.4, 0.5) is 4.79 Å². The molecule has 0 aliphatic rings. The third-order valence-corrected chi connectivity index (χ3v) is 2.56. The summed E-state index contributed by atoms with van der Waals surface area (Å²) in [5.74, 6) is -1.07. The monoisotopic (exact) mass is 276 g/mol. The lowest BCUT2D eigenvalue weighted by Gasteiger charge is -2.28. The number of amides is 2. The number of ether oxygens (including phenoxy) is 2. The fraction of sp³-hybridized carbons (Fsp3) is 0.833. The Morgan fingerprint density at radius 2 is 1.84 bits per heavy atom. The Morgan fingerprint density at radius 1 is 1.26 bits per heavy atom. The molecule has 2 unspecified atom stereocenters. The summed E-state index contributed by atoms with van der Waals surface area (Å²) in [5, 5.41) is 14.1. The first kappa shape index (κ1) is 17.7. The molecule has 7 heteroatoms. The molecule has 3 N–H and O–H groups in total. The number of carbonyl (C=O) groups is 2. The summed E-state index contributed by atoms with van der Waals surface area (Å²) in [6.45, 7) is 5.82. The van der Waals surface area contributed by atoms with E-state index in [1.54, 1.807) is 20.8 Å². The van der Waals surface area contributed by atoms with Crippen LogP contribution in [-0.4, -0.2) is 56.6 Å². The van der Waals surface area contributed by atoms with E-state index in [-0.39, 0.29) is 12.6 Å². The molecule has 19 heavy (non-hydrogen) atoms. The van der Waals surface area contributed by atoms with Crippen molar-refractivity contribution >= 4 is 12.0 Å². The average Bonchev–Trinajstić information content (AvgIpc) is 2.29. The number of carbonyl (C=O) groups excluding carboxylic acids is 1. The molecule has 0 radical (unpaired) electrons. The van der Waals surface area contributed by atoms with E-state index in [1.807, 2.05) is 0 Å². The van der Waals surface area contributed by atoms with Crippen molar-refractivity contribution in [3.05, 3.63) is 0 Å². The smallest absolute Gasteiger partial charge is 0.326 e. The van der Waals surface area contributed by atoms with Crippen LogP contribution in [0.15, 0.2) is 0 Å². The Hall–Kier alpha value is -1.34. The predicted molar refractivity (Wildman–Crippen MR) is 70.1 cm³/mol. The summed E-state index contributed by atoms with van der Waals surface area (Å²) in [7, 11) is 3.05. The molecule has 0 rings (SSSR count). The van der Waals surface area contributed by atoms with Gasteiger partial charge in [-0.3, -0.25) is 0 Å². The Kier molecular flexibility index (Phi) is 7.40. The van der Waals surface area contributed by atoms with E-state index in [0.717, 1.165) is 0 Å². The molecule has 0 aromatic carbocycles. The van der Waals surface area contributed by atoms with Crippen LogP contribution in [0.5, 0.6) is 0 Å². The van der Waals surface area contributed by atoms with Crippen molar-refractivity contribution in [3.8, 4) is 0 Å². The number of hydrogen-bond donors (Lipinski definition) is 3. The van der Waals surface area contributed by atoms with Gasteiger partial charge < -0.3 is 25.2 Å². The molecule has 0 bridgehead atoms. The highest BCUT2D eigenvalue weighted by atomic mass is 16.5. The molecule has 0 aliphatic carbocycles. The maximum atomic E-state index is 11.6. The van der Waals surface area contributed by atoms with Gasteiger partial charge in [0, 0.05) is 20.8 Å². The van der Waals surface area contributed by atoms with E-state index in [2.05, 4.69) is 10.6 Å². The molecule has 2 amide bonds. The summed E-state index contributed by atoms with van der Waals surface area (Å²) < 4.78 is 9.99. The quantitative estimate of drug-likeness (QED) is 0.627. The third-order valence-electron chi connectivity index (χ3n) is 2.56. The normalized spacial score (nSPS) is 14.6. The second kappa shape index (κ2) is 7.96. The zero-order valence-corrected chi connectivity index (χ0v) is 12.1. The summed E-state index contributed by atoms with van der Waals surface area (Å²) in [6, 6.07) is -1.50. The van der Waals surface area contributed by atoms with E-state index < -0.39 is 23.5 Å². The number of rotatable bonds is 7. The summed E-state index contributed by atoms with van der Waals surface area (Å²) in [5.41, 5.74) is -0.573. The van der Waals surface area contributed by atoms with Crippen LogP contribution in [0.25, 0.3) is 0 Å². The van der Waals surface area contributed by atoms with Gasteiger partial charge in [0.15, 0.2) is 0 Å². The highest BCUT2D eigenvalue weighted by Gasteiger charge is 2.32. The Morgan fingerprint density at radius 3 is 2.21 bits per heavy atom. The highest BCUT2D eigenvalue weighted by Crippen LogP contribution is 2.19. The molecular weight excluding hydrogens is 252 g/mol. The van der Waals surface area contributed by atoms with Crippen LogP contribution in [0.3, 0.4) is 0 Å². The van der Waals surface area contributed by atoms with Gasteiger partial charge in [-0.2, -0.15) is 0 Å². The maximum Gasteiger partial charge on any atom is 0.326 e. The van der Waals surface area contributed by atoms with Crippen LogP contribution < -0.4 is 10.6 Å². The summed E-state index contributed by atoms with van der Waals surface area (Å²) in [6.07, 6.45) is -0.270. The highest BCUT2D eigenvalue weighted by molar-refractivity contribution is 5.83. The number of methoxy groups -OCH3 is 2. The van der Waals surface area contributed by atoms with Crippen molar-refractivity contribution in [3.63, 3.8) is 0 Å². The minimum absolute atomic E-state index is 0.243. The summed E-state index contributed by atoms with van der Waals surface area (Å²) >= 11 is 0. The molecule has 0 saturated heterocycles. The molecule has 0 aliphatic heterocycles. The molecule has 0 aromatic heterocycles. The SMILES string of the molecule is COCC(CNC(=O)NC(C(=O)O)C(C)(C)C)OC. The predicted octanol–water partition coefficient (Wildman–Crippen LogP) is 0.446. The number of hydrogen-bond acceptors (Lipinski definition) is 4. The average molecular weight is 276 g/mol. The van der Waals surface area contributed by atoms with Crippen molar-refractivity contribution in [2.75, 3.05) is 27.4 Å². The number of urea groups is 1. The molecule has 0 aromatic rings. The van der Waals surface area contributed by atoms with Crippen LogP contribution in [0.2, 0.25) is 0 Å². The molecule has 2 atom stereocenters. The number of carboxylic acids is 1. The van der Waals surface area contributed by atoms with Crippen molar-refractivity contribution in [2.24, 2.45) is 5.41 Å². The molecular formula is C12H24N2O5. The maximum absolute atomic E-state index is 11.6. The number of carboxylic acid groups (broad SMARTS) is 1. The Labute approximate surface area is 113 Å². The molecule has 0 spiro atoms. The molecule has 0 fully saturated rings. The van der Waals surface area contributed by atoms with Gasteiger partial charge in [-0.25, -0.2) is 9.59 Å². The fourth-order valence-electron chi connectivity index (χ4n) is 1.43. The van der Waals surface area contributed by atoms with Crippen molar-refractivity contribution in [1.29, 1.82) is 0 Å². The lowest BCUT2D eigenvalue weighted by Crippen LogP contribution is -2.53. The molecule has 0 saturated carbocycles. The van der Waals surface area contributed by atoms with E-state index in [1.165, 1.54) is 14.2 Å². The summed E-state index contributed by atoms with van der Waals surface area (Å²) in [4.78, 5) is 22.7. The lowest BCUT2D eigenvalue weighted by molar-refractivity contribution is -0.141. The Bertz CT molecular complexity index is 301. The van der Waals surface area contributed by atoms with Crippen molar-refractivity contribution in [2.45, 2.75) is 32.9 Å². The van der Waals surface area contributed by atoms with E-state index in [0.29, 0.717) is 6.61 Å². The zero-order valence-electron chi connectivity index (χ0n) is 12.1. The van der Waals surface area contributed by atoms with Gasteiger partial charge in [-0.1, -0.05) is 20.8 Å². The van der Waals surface area contributed by atoms with Crippen LogP contribution in [0, 0.1) is 5.41 Å². The first-order valence-electron chi connectivity index (χ1n) is 6.01. The van der Waals surface area contributed by atoms with E-state index >= 15 is 0 Å². The number of nitrogens with one attached hydrogen (secondary N) is 2. The first-order chi connectivity index (χ1) is 8.72. The van der Waals surface area contributed by atoms with Crippen molar-refractivity contribution < 1.29 is 24.2 Å². The van der Waals surface area contributed by atoms with Crippen LogP contribution in [-0.2, 0) is 14.3 Å². The topological polar surface area (TPSA) is 96.9 Å². The van der Waals surface area contributed by atoms with Crippen molar-refractivity contribution in [1.82, 2.24) is 10.6 Å². The lowest BCUT2D eigenvalue weighted by atomic mass is 9.87. The minimum atomic E-state index is -1.07. The van der Waals surface area contributed by atoms with Crippen LogP contribution in [0.1, 0.15) is 20.8 Å². The molecule has 112 valence electrons. The van der Waals surface area contributed by atoms with Crippen LogP contribution >= 0.6 is 0 Å². The van der Waals surface area contributed by atoms with E-state index in [9.17, 15) is 9.59 Å². The fourth-order valence-corrected chi connectivity index (χ4v) is 1.43. The first-order valence-corrected chi connectivity index (χ1v) is 6.01. The zero-order chi connectivity index (χ0) is 15.1. The second-order valence-electron chi connectivity index (χ2n) is 5.30. The van der Waals surface area contributed by atoms with Gasteiger partial charge >= 0.3 is 12.0 Å². The van der Waals surface area contributed by atoms with Gasteiger partial charge in [0.25, 0.3) is 0 Å². The Balaban J connectivity index is 4.32. The van der Waals surface area contributed by atoms with Gasteiger partial charge in [-0.15, -0.1) is 0 Å². The standard InChI is InChI=1S/C12H24N2O5/c1-12(2,3)9(10(15)16)14-11(17)13-6-8(19-5)7-18-4/h8-9H,6-7H2,1-5H3,(H,15,16)(H2,13,14,17). The molecule has 7 nitrogen and oxygen atoms in total. The van der Waals surface area contributed by atoms with Gasteiger partial charge in [0.05, 0.1) is 12.7 Å². The minimum Gasteiger partial charge on any atom is -0.480 e. The number of aliphatic carboxylic acids is 1. The van der Waals surface area contributed by atoms with Gasteiger partial charge in [0.1, 0.15) is 6.04 Å². The third kappa shape index (κ3) is 6.97. The molecule has 0 heterocycles. The second-order valence-corrected chi connectivity index (χ2v) is 5.30. The van der Waals surface area contributed by atoms with Gasteiger partial charge in [0.2, 0.25) is 0 Å². The largest absolute Gasteiger partial charge is 0.480 e. The van der Waals surface area contributed by atoms with Gasteiger partial charge in [-0.05, 0) is 5.41 Å². The van der Waals surface area contributed by atoms with E-state index in [4.69, 9.17) is 14.6 Å².